The maximum absolute atomic E-state index is 12.8. The molecule has 0 saturated carbocycles. The van der Waals surface area contributed by atoms with E-state index < -0.39 is 11.7 Å². The van der Waals surface area contributed by atoms with E-state index in [0.29, 0.717) is 12.1 Å². The summed E-state index contributed by atoms with van der Waals surface area (Å²) in [6, 6.07) is 22.5. The van der Waals surface area contributed by atoms with Gasteiger partial charge >= 0.3 is 6.18 Å². The minimum atomic E-state index is -4.33. The lowest BCUT2D eigenvalue weighted by Crippen LogP contribution is -2.20. The summed E-state index contributed by atoms with van der Waals surface area (Å²) in [6.07, 6.45) is -4.33. The molecule has 0 unspecified atom stereocenters. The molecule has 0 aliphatic rings. The Bertz CT molecular complexity index is 812. The zero-order valence-electron chi connectivity index (χ0n) is 13.3. The molecule has 0 saturated heterocycles. The number of para-hydroxylation sites is 1. The molecule has 0 amide bonds. The third-order valence-corrected chi connectivity index (χ3v) is 3.78. The van der Waals surface area contributed by atoms with Crippen LogP contribution in [0.25, 0.3) is 11.1 Å². The molecule has 0 heterocycles. The molecular formula is C20H17F3N2. The third-order valence-electron chi connectivity index (χ3n) is 3.78. The van der Waals surface area contributed by atoms with Crippen molar-refractivity contribution in [2.24, 2.45) is 0 Å². The van der Waals surface area contributed by atoms with Gasteiger partial charge in [-0.15, -0.1) is 0 Å². The van der Waals surface area contributed by atoms with Gasteiger partial charge in [-0.1, -0.05) is 54.6 Å². The van der Waals surface area contributed by atoms with Crippen molar-refractivity contribution < 1.29 is 13.2 Å². The first-order valence-corrected chi connectivity index (χ1v) is 7.83. The van der Waals surface area contributed by atoms with E-state index in [1.165, 1.54) is 12.1 Å². The number of hydrazine groups is 1. The van der Waals surface area contributed by atoms with Gasteiger partial charge in [0.2, 0.25) is 0 Å². The van der Waals surface area contributed by atoms with Crippen molar-refractivity contribution in [2.45, 2.75) is 12.7 Å². The van der Waals surface area contributed by atoms with Gasteiger partial charge in [-0.05, 0) is 41.0 Å². The number of alkyl halides is 3. The quantitative estimate of drug-likeness (QED) is 0.599. The maximum Gasteiger partial charge on any atom is 0.416 e. The van der Waals surface area contributed by atoms with Crippen molar-refractivity contribution in [1.29, 1.82) is 0 Å². The van der Waals surface area contributed by atoms with Crippen molar-refractivity contribution in [3.63, 3.8) is 0 Å². The molecule has 2 nitrogen and oxygen atoms in total. The molecule has 0 spiro atoms. The first-order valence-electron chi connectivity index (χ1n) is 7.83. The van der Waals surface area contributed by atoms with Crippen LogP contribution in [0.4, 0.5) is 18.9 Å². The van der Waals surface area contributed by atoms with Crippen LogP contribution in [0.15, 0.2) is 78.9 Å². The summed E-state index contributed by atoms with van der Waals surface area (Å²) in [7, 11) is 0. The van der Waals surface area contributed by atoms with Gasteiger partial charge in [-0.2, -0.15) is 13.2 Å². The Hall–Kier alpha value is -2.79. The molecule has 0 bridgehead atoms. The zero-order valence-corrected chi connectivity index (χ0v) is 13.3. The number of rotatable bonds is 5. The molecule has 0 aliphatic heterocycles. The molecule has 0 aliphatic carbocycles. The Morgan fingerprint density at radius 1 is 0.720 bits per heavy atom. The number of benzene rings is 3. The highest BCUT2D eigenvalue weighted by Gasteiger charge is 2.30. The fourth-order valence-electron chi connectivity index (χ4n) is 2.46. The summed E-state index contributed by atoms with van der Waals surface area (Å²) in [4.78, 5) is 0. The predicted octanol–water partition coefficient (Wildman–Crippen LogP) is 5.49. The van der Waals surface area contributed by atoms with Crippen LogP contribution in [0, 0.1) is 0 Å². The van der Waals surface area contributed by atoms with Gasteiger partial charge in [0.15, 0.2) is 0 Å². The molecule has 3 aromatic rings. The zero-order chi connectivity index (χ0) is 17.7. The van der Waals surface area contributed by atoms with Crippen molar-refractivity contribution in [1.82, 2.24) is 5.43 Å². The average molecular weight is 342 g/mol. The fourth-order valence-corrected chi connectivity index (χ4v) is 2.46. The third kappa shape index (κ3) is 4.61. The van der Waals surface area contributed by atoms with E-state index in [4.69, 9.17) is 0 Å². The van der Waals surface area contributed by atoms with Gasteiger partial charge in [-0.25, -0.2) is 5.43 Å². The highest BCUT2D eigenvalue weighted by molar-refractivity contribution is 5.64. The van der Waals surface area contributed by atoms with Crippen LogP contribution < -0.4 is 10.9 Å². The smallest absolute Gasteiger partial charge is 0.321 e. The van der Waals surface area contributed by atoms with Gasteiger partial charge in [0.1, 0.15) is 0 Å². The molecule has 0 atom stereocenters. The van der Waals surface area contributed by atoms with Gasteiger partial charge in [0.25, 0.3) is 0 Å². The molecule has 25 heavy (non-hydrogen) atoms. The summed E-state index contributed by atoms with van der Waals surface area (Å²) in [5, 5.41) is 0. The number of hydrogen-bond donors (Lipinski definition) is 2. The maximum atomic E-state index is 12.8. The second-order valence-electron chi connectivity index (χ2n) is 5.62. The number of nitrogens with one attached hydrogen (secondary N) is 2. The molecule has 2 N–H and O–H groups in total. The minimum absolute atomic E-state index is 0.553. The Kier molecular flexibility index (Phi) is 5.05. The van der Waals surface area contributed by atoms with Crippen LogP contribution in [0.3, 0.4) is 0 Å². The predicted molar refractivity (Wildman–Crippen MR) is 93.8 cm³/mol. The highest BCUT2D eigenvalue weighted by atomic mass is 19.4. The SMILES string of the molecule is FC(F)(F)c1cccc(-c2ccc(CNNc3ccccc3)cc2)c1. The van der Waals surface area contributed by atoms with Crippen LogP contribution in [0.2, 0.25) is 0 Å². The molecular weight excluding hydrogens is 325 g/mol. The van der Waals surface area contributed by atoms with Crippen LogP contribution in [0.5, 0.6) is 0 Å². The topological polar surface area (TPSA) is 24.1 Å². The fraction of sp³-hybridized carbons (Fsp3) is 0.100. The Morgan fingerprint density at radius 2 is 1.44 bits per heavy atom. The Balaban J connectivity index is 1.64. The van der Waals surface area contributed by atoms with Crippen molar-refractivity contribution in [3.05, 3.63) is 90.0 Å². The van der Waals surface area contributed by atoms with Crippen LogP contribution >= 0.6 is 0 Å². The summed E-state index contributed by atoms with van der Waals surface area (Å²) >= 11 is 0. The van der Waals surface area contributed by atoms with Gasteiger partial charge < -0.3 is 5.43 Å². The van der Waals surface area contributed by atoms with Crippen LogP contribution in [0.1, 0.15) is 11.1 Å². The van der Waals surface area contributed by atoms with Gasteiger partial charge in [0.05, 0.1) is 5.56 Å². The molecule has 128 valence electrons. The summed E-state index contributed by atoms with van der Waals surface area (Å²) in [5.41, 5.74) is 8.86. The molecule has 0 radical (unpaired) electrons. The second kappa shape index (κ2) is 7.40. The Labute approximate surface area is 144 Å². The number of hydrogen-bond acceptors (Lipinski definition) is 2. The lowest BCUT2D eigenvalue weighted by atomic mass is 10.0. The van der Waals surface area contributed by atoms with E-state index in [9.17, 15) is 13.2 Å². The van der Waals surface area contributed by atoms with E-state index in [1.54, 1.807) is 6.07 Å². The van der Waals surface area contributed by atoms with E-state index in [1.807, 2.05) is 54.6 Å². The van der Waals surface area contributed by atoms with E-state index >= 15 is 0 Å². The van der Waals surface area contributed by atoms with Gasteiger partial charge in [-0.3, -0.25) is 0 Å². The first-order chi connectivity index (χ1) is 12.0. The van der Waals surface area contributed by atoms with Gasteiger partial charge in [0, 0.05) is 12.2 Å². The van der Waals surface area contributed by atoms with E-state index in [-0.39, 0.29) is 0 Å². The minimum Gasteiger partial charge on any atom is -0.321 e. The van der Waals surface area contributed by atoms with E-state index in [0.717, 1.165) is 22.9 Å². The molecule has 0 aromatic heterocycles. The van der Waals surface area contributed by atoms with Crippen LogP contribution in [-0.2, 0) is 12.7 Å². The van der Waals surface area contributed by atoms with Crippen LogP contribution in [-0.4, -0.2) is 0 Å². The van der Waals surface area contributed by atoms with Crippen molar-refractivity contribution in [2.75, 3.05) is 5.43 Å². The number of halogens is 3. The summed E-state index contributed by atoms with van der Waals surface area (Å²) in [5.74, 6) is 0. The largest absolute Gasteiger partial charge is 0.416 e. The van der Waals surface area contributed by atoms with Crippen molar-refractivity contribution >= 4 is 5.69 Å². The normalized spacial score (nSPS) is 11.3. The number of anilines is 1. The monoisotopic (exact) mass is 342 g/mol. The lowest BCUT2D eigenvalue weighted by Gasteiger charge is -2.10. The average Bonchev–Trinajstić information content (AvgIpc) is 2.63. The lowest BCUT2D eigenvalue weighted by molar-refractivity contribution is -0.137. The Morgan fingerprint density at radius 3 is 2.12 bits per heavy atom. The highest BCUT2D eigenvalue weighted by Crippen LogP contribution is 2.32. The second-order valence-corrected chi connectivity index (χ2v) is 5.62. The first kappa shape index (κ1) is 17.0. The molecule has 0 fully saturated rings. The summed E-state index contributed by atoms with van der Waals surface area (Å²) < 4.78 is 38.4. The molecule has 5 heteroatoms. The molecule has 3 rings (SSSR count). The van der Waals surface area contributed by atoms with Crippen molar-refractivity contribution in [3.8, 4) is 11.1 Å². The molecule has 3 aromatic carbocycles. The standard InChI is InChI=1S/C20H17F3N2/c21-20(22,23)18-6-4-5-17(13-18)16-11-9-15(10-12-16)14-24-25-19-7-2-1-3-8-19/h1-13,24-25H,14H2. The van der Waals surface area contributed by atoms with E-state index in [2.05, 4.69) is 10.9 Å². The summed E-state index contributed by atoms with van der Waals surface area (Å²) in [6.45, 7) is 0.595.